The Morgan fingerprint density at radius 1 is 1.32 bits per heavy atom. The lowest BCUT2D eigenvalue weighted by Gasteiger charge is -2.28. The Kier molecular flexibility index (Phi) is 4.58. The number of likely N-dealkylation sites (tertiary alicyclic amines) is 2. The summed E-state index contributed by atoms with van der Waals surface area (Å²) in [4.78, 5) is 38.2. The molecule has 2 N–H and O–H groups in total. The van der Waals surface area contributed by atoms with Crippen LogP contribution in [0.5, 0.6) is 0 Å². The Morgan fingerprint density at radius 3 is 2.55 bits per heavy atom. The van der Waals surface area contributed by atoms with Gasteiger partial charge >= 0.3 is 12.0 Å². The average molecular weight is 315 g/mol. The Balaban J connectivity index is 2.03. The standard InChI is InChI=1S/C14H22FN3O4/c1-9(2)16-13(22)18-6-3-4-10(18)11(19)17-7-5-14(15,8-17)12(20)21/h9-10H,3-8H2,1-2H3,(H,16,22)(H,20,21)/t10-,14?/m0/s1. The van der Waals surface area contributed by atoms with Gasteiger partial charge in [0.05, 0.1) is 6.54 Å². The molecule has 2 saturated heterocycles. The van der Waals surface area contributed by atoms with Crippen molar-refractivity contribution in [2.24, 2.45) is 0 Å². The fourth-order valence-electron chi connectivity index (χ4n) is 2.94. The molecule has 1 unspecified atom stereocenters. The fraction of sp³-hybridized carbons (Fsp3) is 0.786. The van der Waals surface area contributed by atoms with E-state index in [1.54, 1.807) is 0 Å². The van der Waals surface area contributed by atoms with Crippen LogP contribution in [-0.2, 0) is 9.59 Å². The van der Waals surface area contributed by atoms with Crippen molar-refractivity contribution in [3.63, 3.8) is 0 Å². The minimum atomic E-state index is -2.38. The molecule has 0 aliphatic carbocycles. The number of carbonyl (C=O) groups excluding carboxylic acids is 2. The predicted molar refractivity (Wildman–Crippen MR) is 76.1 cm³/mol. The van der Waals surface area contributed by atoms with Crippen molar-refractivity contribution in [2.75, 3.05) is 19.6 Å². The molecule has 0 radical (unpaired) electrons. The molecule has 2 heterocycles. The van der Waals surface area contributed by atoms with Crippen molar-refractivity contribution in [3.05, 3.63) is 0 Å². The minimum Gasteiger partial charge on any atom is -0.479 e. The molecule has 2 aliphatic heterocycles. The number of hydrogen-bond acceptors (Lipinski definition) is 3. The van der Waals surface area contributed by atoms with E-state index in [4.69, 9.17) is 5.11 Å². The number of hydrogen-bond donors (Lipinski definition) is 2. The Morgan fingerprint density at radius 2 is 2.00 bits per heavy atom. The molecule has 2 aliphatic rings. The highest BCUT2D eigenvalue weighted by Gasteiger charge is 2.49. The molecule has 0 aromatic heterocycles. The normalized spacial score (nSPS) is 28.3. The predicted octanol–water partition coefficient (Wildman–Crippen LogP) is 0.594. The van der Waals surface area contributed by atoms with Crippen LogP contribution < -0.4 is 5.32 Å². The molecular weight excluding hydrogens is 293 g/mol. The topological polar surface area (TPSA) is 90.0 Å². The van der Waals surface area contributed by atoms with Gasteiger partial charge in [-0.25, -0.2) is 14.0 Å². The van der Waals surface area contributed by atoms with Gasteiger partial charge in [-0.05, 0) is 26.7 Å². The molecule has 0 saturated carbocycles. The van der Waals surface area contributed by atoms with E-state index in [2.05, 4.69) is 5.32 Å². The summed E-state index contributed by atoms with van der Waals surface area (Å²) >= 11 is 0. The van der Waals surface area contributed by atoms with Crippen LogP contribution in [-0.4, -0.2) is 70.2 Å². The first-order valence-corrected chi connectivity index (χ1v) is 7.53. The number of amides is 3. The Bertz CT molecular complexity index is 485. The summed E-state index contributed by atoms with van der Waals surface area (Å²) in [5, 5.41) is 11.6. The highest BCUT2D eigenvalue weighted by molar-refractivity contribution is 5.89. The highest BCUT2D eigenvalue weighted by atomic mass is 19.1. The third-order valence-electron chi connectivity index (χ3n) is 4.13. The van der Waals surface area contributed by atoms with Crippen molar-refractivity contribution in [2.45, 2.75) is 50.9 Å². The van der Waals surface area contributed by atoms with Gasteiger partial charge in [0.25, 0.3) is 0 Å². The van der Waals surface area contributed by atoms with Crippen molar-refractivity contribution < 1.29 is 23.9 Å². The van der Waals surface area contributed by atoms with Gasteiger partial charge in [-0.2, -0.15) is 0 Å². The summed E-state index contributed by atoms with van der Waals surface area (Å²) in [6, 6.07) is -0.981. The molecule has 22 heavy (non-hydrogen) atoms. The molecule has 0 spiro atoms. The number of halogens is 1. The van der Waals surface area contributed by atoms with Crippen LogP contribution in [0.1, 0.15) is 33.1 Å². The van der Waals surface area contributed by atoms with Crippen LogP contribution in [0.4, 0.5) is 9.18 Å². The zero-order valence-corrected chi connectivity index (χ0v) is 12.8. The van der Waals surface area contributed by atoms with Crippen LogP contribution >= 0.6 is 0 Å². The number of aliphatic carboxylic acids is 1. The second kappa shape index (κ2) is 6.10. The van der Waals surface area contributed by atoms with Crippen molar-refractivity contribution in [3.8, 4) is 0 Å². The van der Waals surface area contributed by atoms with Gasteiger partial charge < -0.3 is 20.2 Å². The molecule has 3 amide bonds. The Labute approximate surface area is 128 Å². The van der Waals surface area contributed by atoms with Gasteiger partial charge in [0.1, 0.15) is 6.04 Å². The molecule has 2 rings (SSSR count). The van der Waals surface area contributed by atoms with E-state index in [0.29, 0.717) is 19.4 Å². The van der Waals surface area contributed by atoms with Crippen LogP contribution in [0.15, 0.2) is 0 Å². The highest BCUT2D eigenvalue weighted by Crippen LogP contribution is 2.28. The maximum Gasteiger partial charge on any atom is 0.343 e. The van der Waals surface area contributed by atoms with Gasteiger partial charge in [0.2, 0.25) is 11.6 Å². The van der Waals surface area contributed by atoms with Gasteiger partial charge in [0.15, 0.2) is 0 Å². The minimum absolute atomic E-state index is 0.0406. The van der Waals surface area contributed by atoms with E-state index in [0.717, 1.165) is 0 Å². The van der Waals surface area contributed by atoms with E-state index in [1.807, 2.05) is 13.8 Å². The number of urea groups is 1. The summed E-state index contributed by atoms with van der Waals surface area (Å²) in [5.74, 6) is -1.90. The third-order valence-corrected chi connectivity index (χ3v) is 4.13. The molecule has 0 bridgehead atoms. The first kappa shape index (κ1) is 16.5. The Hall–Kier alpha value is -1.86. The van der Waals surface area contributed by atoms with Crippen molar-refractivity contribution in [1.29, 1.82) is 0 Å². The molecule has 0 aromatic carbocycles. The lowest BCUT2D eigenvalue weighted by molar-refractivity contribution is -0.150. The largest absolute Gasteiger partial charge is 0.479 e. The number of nitrogens with one attached hydrogen (secondary N) is 1. The molecule has 7 nitrogen and oxygen atoms in total. The zero-order valence-electron chi connectivity index (χ0n) is 12.8. The molecule has 0 aromatic rings. The number of carbonyl (C=O) groups is 3. The second-order valence-electron chi connectivity index (χ2n) is 6.24. The summed E-state index contributed by atoms with van der Waals surface area (Å²) in [5.41, 5.74) is -2.38. The molecule has 124 valence electrons. The van der Waals surface area contributed by atoms with Crippen LogP contribution in [0.25, 0.3) is 0 Å². The smallest absolute Gasteiger partial charge is 0.343 e. The van der Waals surface area contributed by atoms with Crippen LogP contribution in [0.2, 0.25) is 0 Å². The first-order valence-electron chi connectivity index (χ1n) is 7.53. The van der Waals surface area contributed by atoms with Gasteiger partial charge in [-0.3, -0.25) is 4.79 Å². The lowest BCUT2D eigenvalue weighted by atomic mass is 10.1. The third kappa shape index (κ3) is 3.15. The molecule has 2 fully saturated rings. The number of carboxylic acid groups (broad SMARTS) is 1. The van der Waals surface area contributed by atoms with E-state index < -0.39 is 24.2 Å². The zero-order chi connectivity index (χ0) is 16.5. The fourth-order valence-corrected chi connectivity index (χ4v) is 2.94. The number of alkyl halides is 1. The van der Waals surface area contributed by atoms with Gasteiger partial charge in [-0.15, -0.1) is 0 Å². The van der Waals surface area contributed by atoms with Crippen molar-refractivity contribution >= 4 is 17.9 Å². The van der Waals surface area contributed by atoms with Gasteiger partial charge in [0, 0.05) is 25.6 Å². The lowest BCUT2D eigenvalue weighted by Crippen LogP contribution is -2.52. The maximum absolute atomic E-state index is 14.1. The molecule has 2 atom stereocenters. The number of nitrogens with zero attached hydrogens (tertiary/aromatic N) is 2. The summed E-state index contributed by atoms with van der Waals surface area (Å²) in [7, 11) is 0. The summed E-state index contributed by atoms with van der Waals surface area (Å²) in [6.07, 6.45) is 1.02. The SMILES string of the molecule is CC(C)NC(=O)N1CCC[C@H]1C(=O)N1CCC(F)(C(=O)O)C1. The van der Waals surface area contributed by atoms with E-state index in [9.17, 15) is 18.8 Å². The van der Waals surface area contributed by atoms with E-state index >= 15 is 0 Å². The van der Waals surface area contributed by atoms with Crippen LogP contribution in [0.3, 0.4) is 0 Å². The van der Waals surface area contributed by atoms with Crippen molar-refractivity contribution in [1.82, 2.24) is 15.1 Å². The average Bonchev–Trinajstić information content (AvgIpc) is 3.04. The quantitative estimate of drug-likeness (QED) is 0.798. The van der Waals surface area contributed by atoms with Gasteiger partial charge in [-0.1, -0.05) is 0 Å². The maximum atomic E-state index is 14.1. The van der Waals surface area contributed by atoms with E-state index in [1.165, 1.54) is 9.80 Å². The summed E-state index contributed by atoms with van der Waals surface area (Å²) in [6.45, 7) is 3.75. The van der Waals surface area contributed by atoms with E-state index in [-0.39, 0.29) is 30.9 Å². The summed E-state index contributed by atoms with van der Waals surface area (Å²) < 4.78 is 14.1. The second-order valence-corrected chi connectivity index (χ2v) is 6.24. The molecule has 8 heteroatoms. The number of carboxylic acids is 1. The van der Waals surface area contributed by atoms with Crippen LogP contribution in [0, 0.1) is 0 Å². The number of rotatable bonds is 3. The first-order chi connectivity index (χ1) is 10.2. The monoisotopic (exact) mass is 315 g/mol. The molecular formula is C14H22FN3O4.